The molecule has 2 aromatic carbocycles. The number of para-hydroxylation sites is 1. The van der Waals surface area contributed by atoms with Crippen molar-refractivity contribution in [2.75, 3.05) is 7.11 Å². The van der Waals surface area contributed by atoms with Crippen LogP contribution in [0.5, 0.6) is 11.5 Å². The number of fused-ring (bicyclic) bond motifs is 5. The number of pyridine rings is 1. The molecule has 29 heavy (non-hydrogen) atoms. The molecule has 3 aromatic rings. The Bertz CT molecular complexity index is 1180. The first-order valence-electron chi connectivity index (χ1n) is 10.0. The highest BCUT2D eigenvalue weighted by molar-refractivity contribution is 9.10. The number of halogens is 1. The molecule has 1 N–H and O–H groups in total. The van der Waals surface area contributed by atoms with E-state index in [1.807, 2.05) is 30.3 Å². The van der Waals surface area contributed by atoms with Crippen LogP contribution in [-0.4, -0.2) is 17.7 Å². The third kappa shape index (κ3) is 2.59. The summed E-state index contributed by atoms with van der Waals surface area (Å²) in [4.78, 5) is 16.2. The Labute approximate surface area is 178 Å². The SMILES string of the molecule is COc1ccc([C@@H]2[C@@H](C)[C@H]3[C@@H]2c2c(c4ccccc4[nH]c2=O)OC3(C)C)cc1Br. The summed E-state index contributed by atoms with van der Waals surface area (Å²) in [5.41, 5.74) is 2.47. The molecule has 1 fully saturated rings. The zero-order valence-corrected chi connectivity index (χ0v) is 18.5. The number of rotatable bonds is 2. The second-order valence-electron chi connectivity index (χ2n) is 8.78. The molecule has 1 aliphatic heterocycles. The Morgan fingerprint density at radius 2 is 1.90 bits per heavy atom. The fraction of sp³-hybridized carbons (Fsp3) is 0.375. The third-order valence-electron chi connectivity index (χ3n) is 6.88. The van der Waals surface area contributed by atoms with Gasteiger partial charge in [-0.15, -0.1) is 0 Å². The first kappa shape index (κ1) is 18.7. The van der Waals surface area contributed by atoms with Gasteiger partial charge in [-0.2, -0.15) is 0 Å². The lowest BCUT2D eigenvalue weighted by Gasteiger charge is -2.60. The summed E-state index contributed by atoms with van der Waals surface area (Å²) < 4.78 is 12.8. The Morgan fingerprint density at radius 3 is 2.62 bits per heavy atom. The van der Waals surface area contributed by atoms with Gasteiger partial charge in [-0.3, -0.25) is 4.79 Å². The van der Waals surface area contributed by atoms with Crippen LogP contribution in [0.4, 0.5) is 0 Å². The Hall–Kier alpha value is -2.27. The summed E-state index contributed by atoms with van der Waals surface area (Å²) in [6, 6.07) is 14.1. The van der Waals surface area contributed by atoms with Gasteiger partial charge in [0.15, 0.2) is 0 Å². The minimum atomic E-state index is -0.339. The van der Waals surface area contributed by atoms with Gasteiger partial charge in [0.1, 0.15) is 17.1 Å². The molecule has 0 amide bonds. The van der Waals surface area contributed by atoms with E-state index in [9.17, 15) is 4.79 Å². The minimum Gasteiger partial charge on any atom is -0.496 e. The van der Waals surface area contributed by atoms with Gasteiger partial charge in [0.05, 0.1) is 22.7 Å². The van der Waals surface area contributed by atoms with Crippen molar-refractivity contribution in [3.05, 3.63) is 68.4 Å². The Balaban J connectivity index is 1.71. The standard InChI is InChI=1S/C24H24BrNO3/c1-12-18(13-9-10-17(28-4)15(25)11-13)19-20-22(29-24(2,3)21(12)19)14-7-5-6-8-16(14)26-23(20)27/h5-12,18-19,21H,1-4H3,(H,26,27)/t12-,18+,19+,21+/m1/s1. The number of H-pyrrole nitrogens is 1. The van der Waals surface area contributed by atoms with Crippen molar-refractivity contribution in [3.8, 4) is 11.5 Å². The lowest BCUT2D eigenvalue weighted by molar-refractivity contribution is -0.0825. The molecule has 0 spiro atoms. The molecule has 2 aliphatic rings. The van der Waals surface area contributed by atoms with Crippen LogP contribution in [0.15, 0.2) is 51.7 Å². The maximum Gasteiger partial charge on any atom is 0.255 e. The maximum absolute atomic E-state index is 13.2. The van der Waals surface area contributed by atoms with Crippen molar-refractivity contribution in [3.63, 3.8) is 0 Å². The summed E-state index contributed by atoms with van der Waals surface area (Å²) in [6.07, 6.45) is 0. The molecule has 4 nitrogen and oxygen atoms in total. The molecule has 1 saturated carbocycles. The summed E-state index contributed by atoms with van der Waals surface area (Å²) in [7, 11) is 1.67. The number of ether oxygens (including phenoxy) is 2. The van der Waals surface area contributed by atoms with Gasteiger partial charge in [-0.05, 0) is 71.4 Å². The van der Waals surface area contributed by atoms with E-state index in [4.69, 9.17) is 9.47 Å². The molecular formula is C24H24BrNO3. The van der Waals surface area contributed by atoms with Gasteiger partial charge in [0.2, 0.25) is 0 Å². The predicted octanol–water partition coefficient (Wildman–Crippen LogP) is 5.60. The van der Waals surface area contributed by atoms with Crippen LogP contribution in [0.3, 0.4) is 0 Å². The Morgan fingerprint density at radius 1 is 1.14 bits per heavy atom. The number of aromatic nitrogens is 1. The molecule has 5 rings (SSSR count). The zero-order chi connectivity index (χ0) is 20.5. The smallest absolute Gasteiger partial charge is 0.255 e. The number of aromatic amines is 1. The van der Waals surface area contributed by atoms with Gasteiger partial charge in [0, 0.05) is 17.2 Å². The summed E-state index contributed by atoms with van der Waals surface area (Å²) in [5.74, 6) is 2.62. The molecule has 0 radical (unpaired) electrons. The van der Waals surface area contributed by atoms with Crippen molar-refractivity contribution >= 4 is 26.8 Å². The minimum absolute atomic E-state index is 0.0336. The molecule has 4 atom stereocenters. The number of methoxy groups -OCH3 is 1. The molecule has 1 aromatic heterocycles. The van der Waals surface area contributed by atoms with Crippen molar-refractivity contribution < 1.29 is 9.47 Å². The number of hydrogen-bond donors (Lipinski definition) is 1. The van der Waals surface area contributed by atoms with Crippen LogP contribution in [0, 0.1) is 11.8 Å². The van der Waals surface area contributed by atoms with E-state index in [-0.39, 0.29) is 28.9 Å². The highest BCUT2D eigenvalue weighted by atomic mass is 79.9. The topological polar surface area (TPSA) is 51.3 Å². The summed E-state index contributed by atoms with van der Waals surface area (Å²) in [5, 5.41) is 0.975. The summed E-state index contributed by atoms with van der Waals surface area (Å²) >= 11 is 3.62. The number of nitrogens with one attached hydrogen (secondary N) is 1. The van der Waals surface area contributed by atoms with Crippen LogP contribution in [0.25, 0.3) is 10.9 Å². The van der Waals surface area contributed by atoms with Crippen LogP contribution in [-0.2, 0) is 0 Å². The number of hydrogen-bond acceptors (Lipinski definition) is 3. The van der Waals surface area contributed by atoms with Crippen molar-refractivity contribution in [2.24, 2.45) is 11.8 Å². The molecule has 150 valence electrons. The van der Waals surface area contributed by atoms with Crippen molar-refractivity contribution in [1.82, 2.24) is 4.98 Å². The average molecular weight is 454 g/mol. The van der Waals surface area contributed by atoms with E-state index in [2.05, 4.69) is 53.8 Å². The molecule has 2 heterocycles. The van der Waals surface area contributed by atoms with E-state index in [1.54, 1.807) is 7.11 Å². The maximum atomic E-state index is 13.2. The van der Waals surface area contributed by atoms with Gasteiger partial charge >= 0.3 is 0 Å². The lowest BCUT2D eigenvalue weighted by Crippen LogP contribution is -2.58. The van der Waals surface area contributed by atoms with E-state index in [1.165, 1.54) is 5.56 Å². The summed E-state index contributed by atoms with van der Waals surface area (Å²) in [6.45, 7) is 6.58. The van der Waals surface area contributed by atoms with Crippen LogP contribution >= 0.6 is 15.9 Å². The van der Waals surface area contributed by atoms with E-state index in [0.717, 1.165) is 32.4 Å². The van der Waals surface area contributed by atoms with Crippen molar-refractivity contribution in [1.29, 1.82) is 0 Å². The second-order valence-corrected chi connectivity index (χ2v) is 9.63. The van der Waals surface area contributed by atoms with Gasteiger partial charge in [-0.1, -0.05) is 25.1 Å². The van der Waals surface area contributed by atoms with E-state index < -0.39 is 0 Å². The largest absolute Gasteiger partial charge is 0.496 e. The Kier molecular flexibility index (Phi) is 4.11. The molecule has 5 heteroatoms. The van der Waals surface area contributed by atoms with Gasteiger partial charge in [-0.25, -0.2) is 0 Å². The molecular weight excluding hydrogens is 430 g/mol. The lowest BCUT2D eigenvalue weighted by atomic mass is 9.48. The monoisotopic (exact) mass is 453 g/mol. The van der Waals surface area contributed by atoms with Crippen LogP contribution in [0.1, 0.15) is 43.7 Å². The molecule has 0 saturated heterocycles. The quantitative estimate of drug-likeness (QED) is 0.548. The molecule has 0 bridgehead atoms. The fourth-order valence-corrected chi connectivity index (χ4v) is 6.31. The predicted molar refractivity (Wildman–Crippen MR) is 118 cm³/mol. The van der Waals surface area contributed by atoms with Crippen molar-refractivity contribution in [2.45, 2.75) is 38.2 Å². The second kappa shape index (κ2) is 6.36. The van der Waals surface area contributed by atoms with Gasteiger partial charge < -0.3 is 14.5 Å². The highest BCUT2D eigenvalue weighted by Crippen LogP contribution is 2.65. The average Bonchev–Trinajstić information content (AvgIpc) is 2.66. The molecule has 0 unspecified atom stereocenters. The normalized spacial score (nSPS) is 26.8. The third-order valence-corrected chi connectivity index (χ3v) is 7.50. The first-order valence-corrected chi connectivity index (χ1v) is 10.8. The van der Waals surface area contributed by atoms with Crippen LogP contribution in [0.2, 0.25) is 0 Å². The number of benzene rings is 2. The molecule has 1 aliphatic carbocycles. The first-order chi connectivity index (χ1) is 13.8. The van der Waals surface area contributed by atoms with Crippen LogP contribution < -0.4 is 15.0 Å². The van der Waals surface area contributed by atoms with E-state index >= 15 is 0 Å². The van der Waals surface area contributed by atoms with Gasteiger partial charge in [0.25, 0.3) is 5.56 Å². The highest BCUT2D eigenvalue weighted by Gasteiger charge is 2.60. The van der Waals surface area contributed by atoms with E-state index in [0.29, 0.717) is 5.92 Å². The fourth-order valence-electron chi connectivity index (χ4n) is 5.75. The zero-order valence-electron chi connectivity index (χ0n) is 17.0.